The van der Waals surface area contributed by atoms with E-state index in [0.29, 0.717) is 25.0 Å². The van der Waals surface area contributed by atoms with Gasteiger partial charge in [0.15, 0.2) is 33.0 Å². The topological polar surface area (TPSA) is 104 Å². The van der Waals surface area contributed by atoms with Crippen LogP contribution >= 0.6 is 23.2 Å². The number of allylic oxidation sites excluding steroid dienone is 2. The van der Waals surface area contributed by atoms with Crippen LogP contribution in [0.25, 0.3) is 0 Å². The number of fused-ring (bicyclic) bond motifs is 4. The van der Waals surface area contributed by atoms with Crippen LogP contribution in [0.15, 0.2) is 29.8 Å². The van der Waals surface area contributed by atoms with Crippen molar-refractivity contribution in [3.05, 3.63) is 64.5 Å². The molecule has 2 aromatic carbocycles. The number of likely N-dealkylation sites (tertiary alicyclic amines) is 1. The molecule has 5 aliphatic rings. The second-order valence-corrected chi connectivity index (χ2v) is 14.5. The lowest BCUT2D eigenvalue weighted by molar-refractivity contribution is -0.274. The molecule has 2 saturated carbocycles. The Morgan fingerprint density at radius 1 is 0.824 bits per heavy atom. The van der Waals surface area contributed by atoms with E-state index in [9.17, 15) is 50.6 Å². The number of amides is 4. The molecule has 2 aromatic rings. The van der Waals surface area contributed by atoms with E-state index < -0.39 is 133 Å². The lowest BCUT2D eigenvalue weighted by atomic mass is 9.56. The maximum Gasteiger partial charge on any atom is 0.573 e. The third-order valence-corrected chi connectivity index (χ3v) is 12.2. The Labute approximate surface area is 292 Å². The van der Waals surface area contributed by atoms with Gasteiger partial charge in [-0.2, -0.15) is 0 Å². The molecule has 4 fully saturated rings. The Balaban J connectivity index is 1.44. The number of carbonyl (C=O) groups is 4. The standard InChI is InChI=1S/C33H24Cl2F8N2O6/c34-31-11-17-14(7-8-15-19(17)28(48)44(27(15)47)12-4-2-1-3-5-12)20(16-10-13(6-9-18(16)46)51-33(41,42)43)32(31,35)30(50)45(29(31)49)26-24(39)22(37)21(36)23(38)25(26)40/h6-7,9-10,12,15,17,19-20,46H,1-5,8,11H2/t15-,17+,19-,20+,31+,32-/m0/s1. The van der Waals surface area contributed by atoms with Gasteiger partial charge in [0.1, 0.15) is 17.2 Å². The van der Waals surface area contributed by atoms with Crippen LogP contribution < -0.4 is 9.64 Å². The van der Waals surface area contributed by atoms with Crippen molar-refractivity contribution in [2.45, 2.75) is 73.0 Å². The molecule has 8 nitrogen and oxygen atoms in total. The van der Waals surface area contributed by atoms with Gasteiger partial charge in [-0.05, 0) is 49.8 Å². The van der Waals surface area contributed by atoms with Crippen LogP contribution in [0.1, 0.15) is 56.4 Å². The van der Waals surface area contributed by atoms with Gasteiger partial charge in [-0.15, -0.1) is 36.4 Å². The van der Waals surface area contributed by atoms with Gasteiger partial charge in [0.25, 0.3) is 11.8 Å². The molecule has 2 saturated heterocycles. The van der Waals surface area contributed by atoms with Crippen LogP contribution in [0, 0.1) is 46.8 Å². The number of rotatable bonds is 4. The monoisotopic (exact) mass is 766 g/mol. The van der Waals surface area contributed by atoms with Gasteiger partial charge < -0.3 is 9.84 Å². The molecule has 2 heterocycles. The predicted molar refractivity (Wildman–Crippen MR) is 160 cm³/mol. The number of anilines is 1. The van der Waals surface area contributed by atoms with Crippen LogP contribution in [-0.2, 0) is 19.2 Å². The summed E-state index contributed by atoms with van der Waals surface area (Å²) in [4.78, 5) is 51.3. The Morgan fingerprint density at radius 3 is 2.04 bits per heavy atom. The summed E-state index contributed by atoms with van der Waals surface area (Å²) < 4.78 is 117. The smallest absolute Gasteiger partial charge is 0.508 e. The van der Waals surface area contributed by atoms with Crippen molar-refractivity contribution >= 4 is 52.5 Å². The number of hydrogen-bond donors (Lipinski definition) is 1. The number of halogens is 10. The van der Waals surface area contributed by atoms with Crippen molar-refractivity contribution in [1.29, 1.82) is 0 Å². The van der Waals surface area contributed by atoms with Gasteiger partial charge in [0, 0.05) is 17.5 Å². The number of phenolic OH excluding ortho intramolecular Hbond substituents is 1. The van der Waals surface area contributed by atoms with Crippen molar-refractivity contribution in [2.75, 3.05) is 4.90 Å². The van der Waals surface area contributed by atoms with Crippen LogP contribution in [0.3, 0.4) is 0 Å². The third-order valence-electron chi connectivity index (χ3n) is 10.7. The van der Waals surface area contributed by atoms with Gasteiger partial charge in [-0.3, -0.25) is 24.1 Å². The quantitative estimate of drug-likeness (QED) is 0.0909. The number of aromatic hydroxyl groups is 1. The zero-order valence-electron chi connectivity index (χ0n) is 25.8. The van der Waals surface area contributed by atoms with Crippen LogP contribution in [-0.4, -0.2) is 55.8 Å². The summed E-state index contributed by atoms with van der Waals surface area (Å²) in [6.45, 7) is 0. The summed E-state index contributed by atoms with van der Waals surface area (Å²) in [6.07, 6.45) is -1.42. The summed E-state index contributed by atoms with van der Waals surface area (Å²) in [6, 6.07) is 1.62. The van der Waals surface area contributed by atoms with E-state index in [-0.39, 0.29) is 12.0 Å². The molecule has 0 spiro atoms. The number of phenols is 1. The number of imide groups is 2. The van der Waals surface area contributed by atoms with Gasteiger partial charge in [-0.1, -0.05) is 30.9 Å². The summed E-state index contributed by atoms with van der Waals surface area (Å²) in [5.41, 5.74) is -2.67. The first-order valence-corrected chi connectivity index (χ1v) is 16.5. The molecule has 0 unspecified atom stereocenters. The van der Waals surface area contributed by atoms with E-state index in [1.165, 1.54) is 6.08 Å². The van der Waals surface area contributed by atoms with E-state index in [2.05, 4.69) is 4.74 Å². The molecule has 1 N–H and O–H groups in total. The summed E-state index contributed by atoms with van der Waals surface area (Å²) >= 11 is 14.0. The Bertz CT molecular complexity index is 1920. The first-order chi connectivity index (χ1) is 23.8. The van der Waals surface area contributed by atoms with E-state index in [1.54, 1.807) is 0 Å². The lowest BCUT2D eigenvalue weighted by Gasteiger charge is -2.50. The van der Waals surface area contributed by atoms with Crippen LogP contribution in [0.2, 0.25) is 0 Å². The SMILES string of the molecule is O=C1[C@H]2[C@H](CC=C3[C@H]2C[C@@]2(Cl)C(=O)N(c4c(F)c(F)c(F)c(F)c4F)C(=O)[C@@]2(Cl)[C@H]3c2cc(OC(F)(F)F)ccc2O)C(=O)N1C1CCCCC1. The average molecular weight is 767 g/mol. The molecule has 6 atom stereocenters. The number of alkyl halides is 5. The number of hydrogen-bond acceptors (Lipinski definition) is 6. The molecule has 18 heteroatoms. The van der Waals surface area contributed by atoms with Gasteiger partial charge in [0.05, 0.1) is 11.8 Å². The number of carbonyl (C=O) groups excluding carboxylic acids is 4. The first-order valence-electron chi connectivity index (χ1n) is 15.8. The Hall–Kier alpha value is -3.92. The normalized spacial score (nSPS) is 31.1. The summed E-state index contributed by atoms with van der Waals surface area (Å²) in [5.74, 6) is -24.9. The molecule has 0 radical (unpaired) electrons. The van der Waals surface area contributed by atoms with Crippen molar-refractivity contribution in [1.82, 2.24) is 4.90 Å². The van der Waals surface area contributed by atoms with Crippen molar-refractivity contribution in [3.63, 3.8) is 0 Å². The zero-order valence-corrected chi connectivity index (χ0v) is 27.3. The van der Waals surface area contributed by atoms with Crippen LogP contribution in [0.5, 0.6) is 11.5 Å². The van der Waals surface area contributed by atoms with Gasteiger partial charge in [0.2, 0.25) is 17.6 Å². The summed E-state index contributed by atoms with van der Waals surface area (Å²) in [7, 11) is 0. The lowest BCUT2D eigenvalue weighted by Crippen LogP contribution is -2.60. The second-order valence-electron chi connectivity index (χ2n) is 13.3. The van der Waals surface area contributed by atoms with Crippen LogP contribution in [0.4, 0.5) is 40.8 Å². The highest BCUT2D eigenvalue weighted by Gasteiger charge is 2.77. The van der Waals surface area contributed by atoms with E-state index >= 15 is 8.78 Å². The van der Waals surface area contributed by atoms with E-state index in [1.807, 2.05) is 0 Å². The zero-order chi connectivity index (χ0) is 37.1. The summed E-state index contributed by atoms with van der Waals surface area (Å²) in [5, 5.41) is 11.0. The largest absolute Gasteiger partial charge is 0.573 e. The highest BCUT2D eigenvalue weighted by molar-refractivity contribution is 6.58. The molecule has 0 aromatic heterocycles. The molecule has 3 aliphatic carbocycles. The first kappa shape index (κ1) is 35.5. The fourth-order valence-corrected chi connectivity index (χ4v) is 9.52. The average Bonchev–Trinajstić information content (AvgIpc) is 3.42. The Morgan fingerprint density at radius 2 is 1.43 bits per heavy atom. The third kappa shape index (κ3) is 4.91. The minimum atomic E-state index is -5.27. The molecule has 0 bridgehead atoms. The molecular weight excluding hydrogens is 743 g/mol. The fraction of sp³-hybridized carbons (Fsp3) is 0.455. The van der Waals surface area contributed by atoms with Gasteiger partial charge in [-0.25, -0.2) is 26.9 Å². The minimum absolute atomic E-state index is 0.0333. The number of ether oxygens (including phenoxy) is 1. The Kier molecular flexibility index (Phi) is 8.21. The molecule has 7 rings (SSSR count). The van der Waals surface area contributed by atoms with Crippen molar-refractivity contribution < 1.29 is 64.1 Å². The predicted octanol–water partition coefficient (Wildman–Crippen LogP) is 6.88. The second kappa shape index (κ2) is 11.8. The van der Waals surface area contributed by atoms with E-state index in [4.69, 9.17) is 23.2 Å². The molecule has 51 heavy (non-hydrogen) atoms. The van der Waals surface area contributed by atoms with Gasteiger partial charge >= 0.3 is 6.36 Å². The molecule has 4 amide bonds. The molecular formula is C33H24Cl2F8N2O6. The van der Waals surface area contributed by atoms with Crippen molar-refractivity contribution in [2.24, 2.45) is 17.8 Å². The van der Waals surface area contributed by atoms with E-state index in [0.717, 1.165) is 30.2 Å². The highest BCUT2D eigenvalue weighted by Crippen LogP contribution is 2.67. The fourth-order valence-electron chi connectivity index (χ4n) is 8.60. The maximum absolute atomic E-state index is 15.2. The maximum atomic E-state index is 15.2. The van der Waals surface area contributed by atoms with Crippen molar-refractivity contribution in [3.8, 4) is 11.5 Å². The molecule has 272 valence electrons. The number of benzene rings is 2. The highest BCUT2D eigenvalue weighted by atomic mass is 35.5. The molecule has 2 aliphatic heterocycles. The number of nitrogens with zero attached hydrogens (tertiary/aromatic N) is 2. The minimum Gasteiger partial charge on any atom is -0.508 e.